The number of benzene rings is 1. The third-order valence-electron chi connectivity index (χ3n) is 1.96. The van der Waals surface area contributed by atoms with E-state index in [9.17, 15) is 13.9 Å². The Kier molecular flexibility index (Phi) is 3.21. The van der Waals surface area contributed by atoms with E-state index in [4.69, 9.17) is 11.6 Å². The molecule has 0 amide bonds. The van der Waals surface area contributed by atoms with E-state index >= 15 is 0 Å². The van der Waals surface area contributed by atoms with Gasteiger partial charge in [0, 0.05) is 6.07 Å². The SMILES string of the molecule is COc1cc(F)c(C(C)(C)O)c(F)c1Cl. The van der Waals surface area contributed by atoms with Crippen LogP contribution in [0.25, 0.3) is 0 Å². The second-order valence-corrected chi connectivity index (χ2v) is 4.00. The molecule has 0 unspecified atom stereocenters. The highest BCUT2D eigenvalue weighted by atomic mass is 35.5. The van der Waals surface area contributed by atoms with Crippen molar-refractivity contribution in [1.82, 2.24) is 0 Å². The van der Waals surface area contributed by atoms with Gasteiger partial charge in [-0.1, -0.05) is 11.6 Å². The molecular formula is C10H11ClF2O2. The van der Waals surface area contributed by atoms with Gasteiger partial charge in [0.25, 0.3) is 0 Å². The van der Waals surface area contributed by atoms with Gasteiger partial charge in [0.2, 0.25) is 0 Å². The molecule has 1 N–H and O–H groups in total. The summed E-state index contributed by atoms with van der Waals surface area (Å²) >= 11 is 5.60. The van der Waals surface area contributed by atoms with Gasteiger partial charge in [0.1, 0.15) is 16.6 Å². The van der Waals surface area contributed by atoms with Crippen LogP contribution in [0.5, 0.6) is 5.75 Å². The molecule has 2 nitrogen and oxygen atoms in total. The molecule has 0 radical (unpaired) electrons. The summed E-state index contributed by atoms with van der Waals surface area (Å²) in [5.41, 5.74) is -2.10. The summed E-state index contributed by atoms with van der Waals surface area (Å²) in [4.78, 5) is 0. The average molecular weight is 237 g/mol. The molecule has 0 heterocycles. The van der Waals surface area contributed by atoms with Crippen molar-refractivity contribution in [3.63, 3.8) is 0 Å². The van der Waals surface area contributed by atoms with Crippen molar-refractivity contribution in [3.05, 3.63) is 28.3 Å². The van der Waals surface area contributed by atoms with E-state index in [1.54, 1.807) is 0 Å². The lowest BCUT2D eigenvalue weighted by molar-refractivity contribution is 0.0701. The molecule has 84 valence electrons. The topological polar surface area (TPSA) is 29.5 Å². The van der Waals surface area contributed by atoms with Crippen LogP contribution in [0.2, 0.25) is 5.02 Å². The third kappa shape index (κ3) is 2.21. The molecule has 0 bridgehead atoms. The number of hydrogen-bond donors (Lipinski definition) is 1. The zero-order valence-corrected chi connectivity index (χ0v) is 9.32. The third-order valence-corrected chi connectivity index (χ3v) is 2.31. The van der Waals surface area contributed by atoms with E-state index in [1.165, 1.54) is 21.0 Å². The van der Waals surface area contributed by atoms with Crippen molar-refractivity contribution >= 4 is 11.6 Å². The molecule has 15 heavy (non-hydrogen) atoms. The number of rotatable bonds is 2. The van der Waals surface area contributed by atoms with Gasteiger partial charge in [-0.25, -0.2) is 8.78 Å². The summed E-state index contributed by atoms with van der Waals surface area (Å²) in [7, 11) is 1.25. The molecule has 0 saturated carbocycles. The molecule has 5 heteroatoms. The van der Waals surface area contributed by atoms with Crippen LogP contribution in [0.15, 0.2) is 6.07 Å². The fourth-order valence-electron chi connectivity index (χ4n) is 1.28. The Labute approximate surface area is 91.4 Å². The number of aliphatic hydroxyl groups is 1. The van der Waals surface area contributed by atoms with Crippen LogP contribution in [0.1, 0.15) is 19.4 Å². The molecule has 0 aliphatic carbocycles. The second kappa shape index (κ2) is 3.94. The van der Waals surface area contributed by atoms with Crippen LogP contribution in [0.4, 0.5) is 8.78 Å². The normalized spacial score (nSPS) is 11.7. The largest absolute Gasteiger partial charge is 0.495 e. The van der Waals surface area contributed by atoms with Gasteiger partial charge in [-0.15, -0.1) is 0 Å². The molecule has 1 rings (SSSR count). The van der Waals surface area contributed by atoms with Gasteiger partial charge in [-0.05, 0) is 13.8 Å². The molecule has 0 spiro atoms. The molecule has 0 aliphatic heterocycles. The lowest BCUT2D eigenvalue weighted by Gasteiger charge is -2.20. The van der Waals surface area contributed by atoms with Crippen molar-refractivity contribution in [2.45, 2.75) is 19.4 Å². The predicted molar refractivity (Wildman–Crippen MR) is 53.2 cm³/mol. The molecule has 1 aromatic rings. The summed E-state index contributed by atoms with van der Waals surface area (Å²) in [6.07, 6.45) is 0. The number of ether oxygens (including phenoxy) is 1. The first-order chi connectivity index (χ1) is 6.79. The summed E-state index contributed by atoms with van der Waals surface area (Å²) in [6, 6.07) is 0.943. The molecule has 0 aromatic heterocycles. The highest BCUT2D eigenvalue weighted by Gasteiger charge is 2.28. The van der Waals surface area contributed by atoms with E-state index in [0.717, 1.165) is 6.07 Å². The highest BCUT2D eigenvalue weighted by molar-refractivity contribution is 6.32. The Morgan fingerprint density at radius 1 is 1.40 bits per heavy atom. The maximum atomic E-state index is 13.6. The second-order valence-electron chi connectivity index (χ2n) is 3.62. The van der Waals surface area contributed by atoms with E-state index in [1.807, 2.05) is 0 Å². The Bertz CT molecular complexity index is 386. The van der Waals surface area contributed by atoms with Crippen molar-refractivity contribution in [3.8, 4) is 5.75 Å². The van der Waals surface area contributed by atoms with Crippen LogP contribution < -0.4 is 4.74 Å². The lowest BCUT2D eigenvalue weighted by atomic mass is 9.97. The van der Waals surface area contributed by atoms with Crippen LogP contribution >= 0.6 is 11.6 Å². The van der Waals surface area contributed by atoms with E-state index in [2.05, 4.69) is 4.74 Å². The van der Waals surface area contributed by atoms with Gasteiger partial charge in [0.15, 0.2) is 5.82 Å². The minimum absolute atomic E-state index is 0.0975. The first-order valence-corrected chi connectivity index (χ1v) is 4.61. The van der Waals surface area contributed by atoms with Crippen molar-refractivity contribution in [1.29, 1.82) is 0 Å². The predicted octanol–water partition coefficient (Wildman–Crippen LogP) is 2.85. The van der Waals surface area contributed by atoms with Crippen molar-refractivity contribution < 1.29 is 18.6 Å². The van der Waals surface area contributed by atoms with Crippen molar-refractivity contribution in [2.24, 2.45) is 0 Å². The minimum atomic E-state index is -1.63. The summed E-state index contributed by atoms with van der Waals surface area (Å²) in [5, 5.41) is 9.22. The zero-order valence-electron chi connectivity index (χ0n) is 8.57. The smallest absolute Gasteiger partial charge is 0.154 e. The van der Waals surface area contributed by atoms with Crippen LogP contribution in [-0.2, 0) is 5.60 Å². The van der Waals surface area contributed by atoms with Crippen LogP contribution in [0, 0.1) is 11.6 Å². The average Bonchev–Trinajstić information content (AvgIpc) is 2.09. The van der Waals surface area contributed by atoms with E-state index in [0.29, 0.717) is 0 Å². The summed E-state index contributed by atoms with van der Waals surface area (Å²) in [6.45, 7) is 2.55. The van der Waals surface area contributed by atoms with Crippen molar-refractivity contribution in [2.75, 3.05) is 7.11 Å². The molecule has 0 atom stereocenters. The Balaban J connectivity index is 3.50. The number of halogens is 3. The Morgan fingerprint density at radius 3 is 2.33 bits per heavy atom. The van der Waals surface area contributed by atoms with Crippen LogP contribution in [0.3, 0.4) is 0 Å². The Hall–Kier alpha value is -0.870. The number of methoxy groups -OCH3 is 1. The highest BCUT2D eigenvalue weighted by Crippen LogP contribution is 2.36. The first kappa shape index (κ1) is 12.2. The molecule has 0 fully saturated rings. The quantitative estimate of drug-likeness (QED) is 0.800. The molecule has 0 aliphatic rings. The number of hydrogen-bond acceptors (Lipinski definition) is 2. The zero-order chi connectivity index (χ0) is 11.8. The van der Waals surface area contributed by atoms with E-state index in [-0.39, 0.29) is 10.8 Å². The van der Waals surface area contributed by atoms with Gasteiger partial charge in [0.05, 0.1) is 18.3 Å². The fourth-order valence-corrected chi connectivity index (χ4v) is 1.51. The van der Waals surface area contributed by atoms with Gasteiger partial charge in [-0.3, -0.25) is 0 Å². The molecule has 1 aromatic carbocycles. The monoisotopic (exact) mass is 236 g/mol. The summed E-state index contributed by atoms with van der Waals surface area (Å²) < 4.78 is 31.7. The maximum absolute atomic E-state index is 13.6. The first-order valence-electron chi connectivity index (χ1n) is 4.23. The molecular weight excluding hydrogens is 226 g/mol. The molecule has 0 saturated heterocycles. The fraction of sp³-hybridized carbons (Fsp3) is 0.400. The van der Waals surface area contributed by atoms with E-state index < -0.39 is 22.8 Å². The van der Waals surface area contributed by atoms with Gasteiger partial charge < -0.3 is 9.84 Å². The van der Waals surface area contributed by atoms with Gasteiger partial charge in [-0.2, -0.15) is 0 Å². The Morgan fingerprint density at radius 2 is 1.93 bits per heavy atom. The standard InChI is InChI=1S/C10H11ClF2O2/c1-10(2,14)7-5(12)4-6(15-3)8(11)9(7)13/h4,14H,1-3H3. The van der Waals surface area contributed by atoms with Gasteiger partial charge >= 0.3 is 0 Å². The van der Waals surface area contributed by atoms with Crippen LogP contribution in [-0.4, -0.2) is 12.2 Å². The minimum Gasteiger partial charge on any atom is -0.495 e. The summed E-state index contributed by atoms with van der Waals surface area (Å²) in [5.74, 6) is -1.98. The lowest BCUT2D eigenvalue weighted by Crippen LogP contribution is -2.20. The maximum Gasteiger partial charge on any atom is 0.154 e.